The average Bonchev–Trinajstić information content (AvgIpc) is 2.27. The van der Waals surface area contributed by atoms with Crippen LogP contribution in [0.25, 0.3) is 0 Å². The third-order valence-electron chi connectivity index (χ3n) is 2.26. The van der Waals surface area contributed by atoms with E-state index in [-0.39, 0.29) is 5.56 Å². The zero-order valence-corrected chi connectivity index (χ0v) is 10.8. The molecule has 0 bridgehead atoms. The molecule has 0 aliphatic carbocycles. The van der Waals surface area contributed by atoms with Crippen molar-refractivity contribution in [3.8, 4) is 0 Å². The summed E-state index contributed by atoms with van der Waals surface area (Å²) in [5.74, 6) is -0.930. The predicted molar refractivity (Wildman–Crippen MR) is 63.7 cm³/mol. The lowest BCUT2D eigenvalue weighted by molar-refractivity contribution is -0.154. The van der Waals surface area contributed by atoms with Gasteiger partial charge >= 0.3 is 5.97 Å². The quantitative estimate of drug-likeness (QED) is 0.617. The van der Waals surface area contributed by atoms with Crippen LogP contribution >= 0.6 is 23.4 Å². The van der Waals surface area contributed by atoms with E-state index in [1.165, 1.54) is 23.9 Å². The van der Waals surface area contributed by atoms with E-state index in [0.717, 1.165) is 18.9 Å². The minimum absolute atomic E-state index is 0.196. The Morgan fingerprint density at radius 2 is 2.19 bits per heavy atom. The minimum Gasteiger partial charge on any atom is -0.466 e. The number of ether oxygens (including phenoxy) is 1. The van der Waals surface area contributed by atoms with Gasteiger partial charge in [-0.15, -0.1) is 11.8 Å². The van der Waals surface area contributed by atoms with Gasteiger partial charge in [0.1, 0.15) is 0 Å². The first kappa shape index (κ1) is 13.3. The Kier molecular flexibility index (Phi) is 4.21. The van der Waals surface area contributed by atoms with Crippen LogP contribution in [0.2, 0.25) is 5.02 Å². The number of thioether (sulfide) groups is 1. The topological polar surface area (TPSA) is 26.3 Å². The van der Waals surface area contributed by atoms with Gasteiger partial charge in [0.15, 0.2) is 0 Å². The molecular weight excluding hydrogens is 251 g/mol. The summed E-state index contributed by atoms with van der Waals surface area (Å²) in [6.07, 6.45) is 1.87. The van der Waals surface area contributed by atoms with Crippen molar-refractivity contribution in [2.45, 2.75) is 17.5 Å². The molecule has 2 nitrogen and oxygen atoms in total. The number of benzene rings is 1. The maximum absolute atomic E-state index is 14.1. The second-order valence-electron chi connectivity index (χ2n) is 3.34. The van der Waals surface area contributed by atoms with E-state index in [4.69, 9.17) is 11.6 Å². The largest absolute Gasteiger partial charge is 0.466 e. The third kappa shape index (κ3) is 2.50. The van der Waals surface area contributed by atoms with Crippen molar-refractivity contribution in [3.63, 3.8) is 0 Å². The van der Waals surface area contributed by atoms with Crippen molar-refractivity contribution in [1.82, 2.24) is 0 Å². The van der Waals surface area contributed by atoms with E-state index >= 15 is 0 Å². The number of hydrogen-bond acceptors (Lipinski definition) is 3. The van der Waals surface area contributed by atoms with Crippen molar-refractivity contribution >= 4 is 29.3 Å². The van der Waals surface area contributed by atoms with Crippen LogP contribution in [0.5, 0.6) is 0 Å². The molecule has 0 aromatic heterocycles. The molecule has 1 atom stereocenters. The predicted octanol–water partition coefficient (Wildman–Crippen LogP) is 3.42. The molecule has 5 heteroatoms. The van der Waals surface area contributed by atoms with Gasteiger partial charge in [0.25, 0.3) is 0 Å². The van der Waals surface area contributed by atoms with E-state index in [9.17, 15) is 9.18 Å². The molecule has 1 aromatic carbocycles. The molecule has 16 heavy (non-hydrogen) atoms. The summed E-state index contributed by atoms with van der Waals surface area (Å²) in [7, 11) is 1.15. The number of halogens is 2. The summed E-state index contributed by atoms with van der Waals surface area (Å²) in [4.78, 5) is 12.1. The zero-order chi connectivity index (χ0) is 12.3. The Hall–Kier alpha value is -0.740. The monoisotopic (exact) mass is 262 g/mol. The molecular formula is C11H12ClFO2S. The van der Waals surface area contributed by atoms with E-state index in [1.54, 1.807) is 6.07 Å². The molecule has 0 spiro atoms. The van der Waals surface area contributed by atoms with E-state index in [0.29, 0.717) is 5.02 Å². The van der Waals surface area contributed by atoms with E-state index in [1.807, 2.05) is 6.26 Å². The first-order chi connectivity index (χ1) is 7.43. The molecule has 88 valence electrons. The van der Waals surface area contributed by atoms with Gasteiger partial charge in [0.05, 0.1) is 12.1 Å². The molecule has 0 aliphatic rings. The number of rotatable bonds is 3. The van der Waals surface area contributed by atoms with Crippen molar-refractivity contribution in [3.05, 3.63) is 28.8 Å². The first-order valence-electron chi connectivity index (χ1n) is 4.54. The number of alkyl halides is 1. The summed E-state index contributed by atoms with van der Waals surface area (Å²) >= 11 is 7.40. The molecule has 0 radical (unpaired) electrons. The normalized spacial score (nSPS) is 14.3. The maximum Gasteiger partial charge on any atom is 0.348 e. The van der Waals surface area contributed by atoms with Gasteiger partial charge in [-0.2, -0.15) is 0 Å². The Balaban J connectivity index is 3.14. The molecule has 1 aromatic rings. The number of methoxy groups -OCH3 is 1. The van der Waals surface area contributed by atoms with Crippen molar-refractivity contribution in [1.29, 1.82) is 0 Å². The Morgan fingerprint density at radius 3 is 2.62 bits per heavy atom. The molecule has 0 N–H and O–H groups in total. The van der Waals surface area contributed by atoms with Gasteiger partial charge in [-0.05, 0) is 25.3 Å². The van der Waals surface area contributed by atoms with Gasteiger partial charge in [-0.3, -0.25) is 0 Å². The van der Waals surface area contributed by atoms with Crippen LogP contribution in [0.1, 0.15) is 12.5 Å². The number of esters is 1. The van der Waals surface area contributed by atoms with Gasteiger partial charge in [0.2, 0.25) is 5.67 Å². The van der Waals surface area contributed by atoms with Crippen LogP contribution in [0, 0.1) is 0 Å². The van der Waals surface area contributed by atoms with Gasteiger partial charge in [0, 0.05) is 10.5 Å². The summed E-state index contributed by atoms with van der Waals surface area (Å²) in [5.41, 5.74) is -1.97. The molecule has 1 rings (SSSR count). The van der Waals surface area contributed by atoms with Crippen LogP contribution in [0.15, 0.2) is 23.1 Å². The molecule has 0 saturated carbocycles. The Bertz CT molecular complexity index is 407. The number of carbonyl (C=O) groups excluding carboxylic acids is 1. The lowest BCUT2D eigenvalue weighted by Crippen LogP contribution is -2.28. The highest BCUT2D eigenvalue weighted by Gasteiger charge is 2.36. The number of carbonyl (C=O) groups is 1. The fourth-order valence-corrected chi connectivity index (χ4v) is 2.14. The fourth-order valence-electron chi connectivity index (χ4n) is 1.27. The van der Waals surface area contributed by atoms with Crippen LogP contribution in [-0.4, -0.2) is 19.3 Å². The zero-order valence-electron chi connectivity index (χ0n) is 9.21. The van der Waals surface area contributed by atoms with Gasteiger partial charge in [-0.1, -0.05) is 17.7 Å². The SMILES string of the molecule is COC(=O)C(C)(F)c1ccc(SC)c(Cl)c1. The minimum atomic E-state index is -2.17. The lowest BCUT2D eigenvalue weighted by Gasteiger charge is -2.18. The van der Waals surface area contributed by atoms with Gasteiger partial charge in [-0.25, -0.2) is 9.18 Å². The van der Waals surface area contributed by atoms with Crippen molar-refractivity contribution in [2.75, 3.05) is 13.4 Å². The highest BCUT2D eigenvalue weighted by molar-refractivity contribution is 7.98. The molecule has 0 amide bonds. The highest BCUT2D eigenvalue weighted by Crippen LogP contribution is 2.33. The van der Waals surface area contributed by atoms with Gasteiger partial charge < -0.3 is 4.74 Å². The van der Waals surface area contributed by atoms with Crippen LogP contribution in [-0.2, 0) is 15.2 Å². The fraction of sp³-hybridized carbons (Fsp3) is 0.364. The van der Waals surface area contributed by atoms with Crippen LogP contribution < -0.4 is 0 Å². The summed E-state index contributed by atoms with van der Waals surface area (Å²) in [5, 5.41) is 0.428. The maximum atomic E-state index is 14.1. The van der Waals surface area contributed by atoms with Crippen LogP contribution in [0.4, 0.5) is 4.39 Å². The smallest absolute Gasteiger partial charge is 0.348 e. The lowest BCUT2D eigenvalue weighted by atomic mass is 9.98. The standard InChI is InChI=1S/C11H12ClFO2S/c1-11(13,10(14)15-2)7-4-5-9(16-3)8(12)6-7/h4-6H,1-3H3. The average molecular weight is 263 g/mol. The molecule has 1 unspecified atom stereocenters. The molecule has 0 saturated heterocycles. The summed E-state index contributed by atoms with van der Waals surface area (Å²) in [6.45, 7) is 1.16. The third-order valence-corrected chi connectivity index (χ3v) is 3.48. The van der Waals surface area contributed by atoms with Crippen LogP contribution in [0.3, 0.4) is 0 Å². The summed E-state index contributed by atoms with van der Waals surface area (Å²) < 4.78 is 18.5. The van der Waals surface area contributed by atoms with E-state index in [2.05, 4.69) is 4.74 Å². The highest BCUT2D eigenvalue weighted by atomic mass is 35.5. The first-order valence-corrected chi connectivity index (χ1v) is 6.15. The van der Waals surface area contributed by atoms with Crippen molar-refractivity contribution in [2.24, 2.45) is 0 Å². The Morgan fingerprint density at radius 1 is 1.56 bits per heavy atom. The molecule has 0 fully saturated rings. The molecule has 0 heterocycles. The number of hydrogen-bond donors (Lipinski definition) is 0. The van der Waals surface area contributed by atoms with Crippen molar-refractivity contribution < 1.29 is 13.9 Å². The Labute approximate surface area is 103 Å². The second-order valence-corrected chi connectivity index (χ2v) is 4.60. The summed E-state index contributed by atoms with van der Waals surface area (Å²) in [6, 6.07) is 4.67. The van der Waals surface area contributed by atoms with E-state index < -0.39 is 11.6 Å². The second kappa shape index (κ2) is 5.06. The molecule has 0 aliphatic heterocycles.